The second kappa shape index (κ2) is 6.11. The molecular weight excluding hydrogens is 300 g/mol. The van der Waals surface area contributed by atoms with Crippen molar-refractivity contribution in [2.24, 2.45) is 5.92 Å². The van der Waals surface area contributed by atoms with E-state index in [-0.39, 0.29) is 11.6 Å². The SMILES string of the molecule is CCNC(CCC1CC1)c1c(F)cc(Br)cc1F. The monoisotopic (exact) mass is 317 g/mol. The zero-order valence-electron chi connectivity index (χ0n) is 10.5. The summed E-state index contributed by atoms with van der Waals surface area (Å²) in [4.78, 5) is 0. The second-order valence-corrected chi connectivity index (χ2v) is 5.83. The summed E-state index contributed by atoms with van der Waals surface area (Å²) in [6.45, 7) is 2.67. The van der Waals surface area contributed by atoms with E-state index in [1.54, 1.807) is 0 Å². The first-order valence-electron chi connectivity index (χ1n) is 6.49. The van der Waals surface area contributed by atoms with Gasteiger partial charge in [-0.1, -0.05) is 35.7 Å². The summed E-state index contributed by atoms with van der Waals surface area (Å²) in [5.74, 6) is -0.167. The van der Waals surface area contributed by atoms with Crippen molar-refractivity contribution in [3.05, 3.63) is 33.8 Å². The van der Waals surface area contributed by atoms with Gasteiger partial charge in [0.1, 0.15) is 11.6 Å². The van der Waals surface area contributed by atoms with E-state index in [0.717, 1.165) is 18.8 Å². The van der Waals surface area contributed by atoms with Crippen molar-refractivity contribution in [2.45, 2.75) is 38.6 Å². The van der Waals surface area contributed by atoms with E-state index in [1.807, 2.05) is 6.92 Å². The number of benzene rings is 1. The Bertz CT molecular complexity index is 395. The molecule has 0 spiro atoms. The van der Waals surface area contributed by atoms with Crippen molar-refractivity contribution in [1.82, 2.24) is 5.32 Å². The molecule has 18 heavy (non-hydrogen) atoms. The van der Waals surface area contributed by atoms with Crippen molar-refractivity contribution in [3.8, 4) is 0 Å². The minimum atomic E-state index is -0.469. The number of hydrogen-bond acceptors (Lipinski definition) is 1. The second-order valence-electron chi connectivity index (χ2n) is 4.91. The quantitative estimate of drug-likeness (QED) is 0.810. The number of hydrogen-bond donors (Lipinski definition) is 1. The van der Waals surface area contributed by atoms with E-state index in [4.69, 9.17) is 0 Å². The van der Waals surface area contributed by atoms with Crippen LogP contribution in [-0.4, -0.2) is 6.54 Å². The van der Waals surface area contributed by atoms with Gasteiger partial charge in [-0.3, -0.25) is 0 Å². The van der Waals surface area contributed by atoms with Gasteiger partial charge in [-0.2, -0.15) is 0 Å². The molecule has 1 atom stereocenters. The molecule has 0 aromatic heterocycles. The van der Waals surface area contributed by atoms with Gasteiger partial charge in [0.25, 0.3) is 0 Å². The zero-order chi connectivity index (χ0) is 13.1. The van der Waals surface area contributed by atoms with Crippen LogP contribution in [0, 0.1) is 17.6 Å². The Morgan fingerprint density at radius 3 is 2.44 bits per heavy atom. The molecule has 4 heteroatoms. The summed E-state index contributed by atoms with van der Waals surface area (Å²) in [6.07, 6.45) is 4.38. The smallest absolute Gasteiger partial charge is 0.132 e. The molecule has 1 nitrogen and oxygen atoms in total. The van der Waals surface area contributed by atoms with Gasteiger partial charge >= 0.3 is 0 Å². The minimum Gasteiger partial charge on any atom is -0.310 e. The molecule has 1 N–H and O–H groups in total. The van der Waals surface area contributed by atoms with Gasteiger partial charge in [-0.05, 0) is 37.4 Å². The van der Waals surface area contributed by atoms with E-state index >= 15 is 0 Å². The van der Waals surface area contributed by atoms with Crippen LogP contribution in [0.4, 0.5) is 8.78 Å². The molecule has 1 aliphatic carbocycles. The van der Waals surface area contributed by atoms with E-state index in [1.165, 1.54) is 25.0 Å². The highest BCUT2D eigenvalue weighted by Gasteiger charge is 2.25. The lowest BCUT2D eigenvalue weighted by atomic mass is 9.99. The lowest BCUT2D eigenvalue weighted by Crippen LogP contribution is -2.23. The summed E-state index contributed by atoms with van der Waals surface area (Å²) in [6, 6.07) is 2.45. The van der Waals surface area contributed by atoms with Gasteiger partial charge in [0.2, 0.25) is 0 Å². The van der Waals surface area contributed by atoms with Crippen LogP contribution in [0.1, 0.15) is 44.2 Å². The molecule has 0 aliphatic heterocycles. The summed E-state index contributed by atoms with van der Waals surface area (Å²) >= 11 is 3.11. The van der Waals surface area contributed by atoms with Crippen LogP contribution >= 0.6 is 15.9 Å². The molecule has 1 unspecified atom stereocenters. The highest BCUT2D eigenvalue weighted by atomic mass is 79.9. The minimum absolute atomic E-state index is 0.181. The van der Waals surface area contributed by atoms with Crippen LogP contribution in [0.15, 0.2) is 16.6 Å². The molecule has 1 aromatic rings. The van der Waals surface area contributed by atoms with Crippen LogP contribution < -0.4 is 5.32 Å². The maximum Gasteiger partial charge on any atom is 0.132 e. The zero-order valence-corrected chi connectivity index (χ0v) is 12.1. The number of rotatable bonds is 6. The summed E-state index contributed by atoms with van der Waals surface area (Å²) in [5, 5.41) is 3.19. The van der Waals surface area contributed by atoms with E-state index < -0.39 is 11.6 Å². The third kappa shape index (κ3) is 3.51. The molecule has 0 saturated heterocycles. The Kier molecular flexibility index (Phi) is 4.73. The number of halogens is 3. The molecule has 0 radical (unpaired) electrons. The first kappa shape index (κ1) is 13.9. The predicted octanol–water partition coefficient (Wildman–Crippen LogP) is 4.57. The van der Waals surface area contributed by atoms with Crippen molar-refractivity contribution in [2.75, 3.05) is 6.54 Å². The maximum atomic E-state index is 13.9. The van der Waals surface area contributed by atoms with Gasteiger partial charge in [0.15, 0.2) is 0 Å². The third-order valence-corrected chi connectivity index (χ3v) is 3.86. The molecular formula is C14H18BrF2N. The van der Waals surface area contributed by atoms with Crippen LogP contribution in [0.5, 0.6) is 0 Å². The Hall–Kier alpha value is -0.480. The highest BCUT2D eigenvalue weighted by Crippen LogP contribution is 2.37. The normalized spacial score (nSPS) is 16.9. The predicted molar refractivity (Wildman–Crippen MR) is 72.4 cm³/mol. The summed E-state index contributed by atoms with van der Waals surface area (Å²) in [7, 11) is 0. The fraction of sp³-hybridized carbons (Fsp3) is 0.571. The van der Waals surface area contributed by atoms with Crippen LogP contribution in [0.25, 0.3) is 0 Å². The Labute approximate surface area is 115 Å². The highest BCUT2D eigenvalue weighted by molar-refractivity contribution is 9.10. The molecule has 100 valence electrons. The topological polar surface area (TPSA) is 12.0 Å². The Balaban J connectivity index is 2.17. The van der Waals surface area contributed by atoms with Crippen molar-refractivity contribution in [1.29, 1.82) is 0 Å². The molecule has 1 saturated carbocycles. The molecule has 2 rings (SSSR count). The van der Waals surface area contributed by atoms with Crippen LogP contribution in [-0.2, 0) is 0 Å². The Morgan fingerprint density at radius 2 is 1.94 bits per heavy atom. The van der Waals surface area contributed by atoms with E-state index in [0.29, 0.717) is 11.0 Å². The lowest BCUT2D eigenvalue weighted by Gasteiger charge is -2.19. The lowest BCUT2D eigenvalue weighted by molar-refractivity contribution is 0.435. The van der Waals surface area contributed by atoms with Crippen molar-refractivity contribution in [3.63, 3.8) is 0 Å². The van der Waals surface area contributed by atoms with E-state index in [9.17, 15) is 8.78 Å². The van der Waals surface area contributed by atoms with Gasteiger partial charge < -0.3 is 5.32 Å². The third-order valence-electron chi connectivity index (χ3n) is 3.40. The molecule has 1 fully saturated rings. The fourth-order valence-electron chi connectivity index (χ4n) is 2.29. The molecule has 1 aliphatic rings. The van der Waals surface area contributed by atoms with E-state index in [2.05, 4.69) is 21.2 Å². The van der Waals surface area contributed by atoms with Crippen molar-refractivity contribution >= 4 is 15.9 Å². The summed E-state index contributed by atoms with van der Waals surface area (Å²) in [5.41, 5.74) is 0.181. The van der Waals surface area contributed by atoms with Gasteiger partial charge in [-0.15, -0.1) is 0 Å². The Morgan fingerprint density at radius 1 is 1.33 bits per heavy atom. The standard InChI is InChI=1S/C14H18BrF2N/c1-2-18-13(6-5-9-3-4-9)14-11(16)7-10(15)8-12(14)17/h7-9,13,18H,2-6H2,1H3. The average Bonchev–Trinajstić information content (AvgIpc) is 3.08. The molecule has 0 heterocycles. The largest absolute Gasteiger partial charge is 0.310 e. The average molecular weight is 318 g/mol. The molecule has 1 aromatic carbocycles. The van der Waals surface area contributed by atoms with Crippen LogP contribution in [0.2, 0.25) is 0 Å². The van der Waals surface area contributed by atoms with Gasteiger partial charge in [0, 0.05) is 16.1 Å². The van der Waals surface area contributed by atoms with Crippen molar-refractivity contribution < 1.29 is 8.78 Å². The number of nitrogens with one attached hydrogen (secondary N) is 1. The molecule has 0 amide bonds. The maximum absolute atomic E-state index is 13.9. The summed E-state index contributed by atoms with van der Waals surface area (Å²) < 4.78 is 28.3. The fourth-order valence-corrected chi connectivity index (χ4v) is 2.69. The first-order valence-corrected chi connectivity index (χ1v) is 7.29. The first-order chi connectivity index (χ1) is 8.61. The van der Waals surface area contributed by atoms with Gasteiger partial charge in [-0.25, -0.2) is 8.78 Å². The van der Waals surface area contributed by atoms with Crippen LogP contribution in [0.3, 0.4) is 0 Å². The molecule has 0 bridgehead atoms. The van der Waals surface area contributed by atoms with Gasteiger partial charge in [0.05, 0.1) is 0 Å².